The molecule has 56 heavy (non-hydrogen) atoms. The van der Waals surface area contributed by atoms with Crippen LogP contribution in [-0.4, -0.2) is 9.55 Å². The minimum Gasteiger partial charge on any atom is -0.309 e. The molecule has 0 radical (unpaired) electrons. The second-order valence-corrected chi connectivity index (χ2v) is 14.7. The van der Waals surface area contributed by atoms with Crippen LogP contribution in [0.4, 0.5) is 0 Å². The molecule has 2 heteroatoms. The van der Waals surface area contributed by atoms with E-state index in [0.717, 1.165) is 39.3 Å². The maximum absolute atomic E-state index is 5.37. The molecule has 0 amide bonds. The lowest BCUT2D eigenvalue weighted by Gasteiger charge is -2.34. The van der Waals surface area contributed by atoms with Crippen LogP contribution in [0.2, 0.25) is 0 Å². The summed E-state index contributed by atoms with van der Waals surface area (Å²) in [4.78, 5) is 5.37. The van der Waals surface area contributed by atoms with E-state index in [1.54, 1.807) is 0 Å². The number of pyridine rings is 1. The highest BCUT2D eigenvalue weighted by Crippen LogP contribution is 2.56. The van der Waals surface area contributed by atoms with Crippen LogP contribution in [0.5, 0.6) is 0 Å². The van der Waals surface area contributed by atoms with Gasteiger partial charge in [0.05, 0.1) is 27.8 Å². The molecule has 2 heterocycles. The predicted octanol–water partition coefficient (Wildman–Crippen LogP) is 13.5. The number of hydrogen-bond donors (Lipinski definition) is 0. The Balaban J connectivity index is 1.14. The van der Waals surface area contributed by atoms with Crippen molar-refractivity contribution in [2.75, 3.05) is 0 Å². The zero-order valence-electron chi connectivity index (χ0n) is 30.7. The molecule has 0 unspecified atom stereocenters. The maximum atomic E-state index is 5.37. The first-order valence-electron chi connectivity index (χ1n) is 19.3. The second kappa shape index (κ2) is 12.9. The van der Waals surface area contributed by atoms with Gasteiger partial charge in [-0.05, 0) is 93.0 Å². The molecule has 0 spiro atoms. The Kier molecular flexibility index (Phi) is 7.43. The minimum atomic E-state index is -0.472. The lowest BCUT2D eigenvalue weighted by molar-refractivity contribution is 0.769. The zero-order valence-corrected chi connectivity index (χ0v) is 30.7. The van der Waals surface area contributed by atoms with Crippen molar-refractivity contribution in [3.05, 3.63) is 241 Å². The van der Waals surface area contributed by atoms with E-state index in [1.807, 2.05) is 0 Å². The number of nitrogens with zero attached hydrogens (tertiary/aromatic N) is 2. The highest BCUT2D eigenvalue weighted by atomic mass is 15.0. The number of fused-ring (bicyclic) bond motifs is 6. The average Bonchev–Trinajstić information content (AvgIpc) is 3.77. The summed E-state index contributed by atoms with van der Waals surface area (Å²) in [5.41, 5.74) is 17.1. The molecule has 0 bridgehead atoms. The van der Waals surface area contributed by atoms with E-state index >= 15 is 0 Å². The largest absolute Gasteiger partial charge is 0.309 e. The summed E-state index contributed by atoms with van der Waals surface area (Å²) < 4.78 is 2.36. The molecule has 0 fully saturated rings. The molecule has 10 aromatic rings. The fourth-order valence-electron chi connectivity index (χ4n) is 9.21. The monoisotopic (exact) mass is 712 g/mol. The van der Waals surface area contributed by atoms with Crippen LogP contribution < -0.4 is 0 Å². The van der Waals surface area contributed by atoms with Crippen molar-refractivity contribution in [2.45, 2.75) is 5.41 Å². The lowest BCUT2D eigenvalue weighted by Crippen LogP contribution is -2.28. The smallest absolute Gasteiger partial charge is 0.0715 e. The number of para-hydroxylation sites is 2. The minimum absolute atomic E-state index is 0.472. The Hall–Kier alpha value is -7.29. The van der Waals surface area contributed by atoms with Crippen LogP contribution in [0.3, 0.4) is 0 Å². The third-order valence-electron chi connectivity index (χ3n) is 11.7. The maximum Gasteiger partial charge on any atom is 0.0715 e. The number of benzene rings is 8. The van der Waals surface area contributed by atoms with Gasteiger partial charge in [-0.25, -0.2) is 4.98 Å². The molecule has 11 rings (SSSR count). The standard InChI is InChI=1S/C54H36N2/c1-5-17-37(18-6-1)50-35-40(36-51(55-50)39-30-32-53-47(33-39)46-26-14-16-28-52(46)56(53)43-23-11-4-12-24-43)38-29-31-45-44-25-13-15-27-48(44)54(49(45)34-38,41-19-7-2-8-20-41)42-21-9-3-10-22-42/h1-36H. The van der Waals surface area contributed by atoms with Gasteiger partial charge in [0.25, 0.3) is 0 Å². The van der Waals surface area contributed by atoms with E-state index in [-0.39, 0.29) is 0 Å². The first-order valence-corrected chi connectivity index (χ1v) is 19.3. The van der Waals surface area contributed by atoms with Gasteiger partial charge >= 0.3 is 0 Å². The summed E-state index contributed by atoms with van der Waals surface area (Å²) in [6.07, 6.45) is 0. The Morgan fingerprint density at radius 3 is 1.62 bits per heavy atom. The van der Waals surface area contributed by atoms with Crippen LogP contribution in [0, 0.1) is 0 Å². The molecule has 0 saturated carbocycles. The van der Waals surface area contributed by atoms with Gasteiger partial charge in [-0.15, -0.1) is 0 Å². The molecule has 8 aromatic carbocycles. The van der Waals surface area contributed by atoms with Gasteiger partial charge in [0.2, 0.25) is 0 Å². The van der Waals surface area contributed by atoms with Gasteiger partial charge < -0.3 is 4.57 Å². The average molecular weight is 713 g/mol. The molecule has 2 nitrogen and oxygen atoms in total. The van der Waals surface area contributed by atoms with Gasteiger partial charge in [-0.3, -0.25) is 0 Å². The molecule has 0 aliphatic heterocycles. The Bertz CT molecular complexity index is 3010. The van der Waals surface area contributed by atoms with Crippen LogP contribution in [0.25, 0.3) is 72.3 Å². The van der Waals surface area contributed by atoms with E-state index in [9.17, 15) is 0 Å². The van der Waals surface area contributed by atoms with E-state index < -0.39 is 5.41 Å². The number of aromatic nitrogens is 2. The summed E-state index contributed by atoms with van der Waals surface area (Å²) >= 11 is 0. The third-order valence-corrected chi connectivity index (χ3v) is 11.7. The Morgan fingerprint density at radius 1 is 0.339 bits per heavy atom. The van der Waals surface area contributed by atoms with E-state index in [1.165, 1.54) is 55.2 Å². The summed E-state index contributed by atoms with van der Waals surface area (Å²) in [6, 6.07) is 79.3. The predicted molar refractivity (Wildman–Crippen MR) is 232 cm³/mol. The van der Waals surface area contributed by atoms with Crippen molar-refractivity contribution < 1.29 is 0 Å². The SMILES string of the molecule is c1ccc(-c2cc(-c3ccc4c(c3)C(c3ccccc3)(c3ccccc3)c3ccccc3-4)cc(-c3ccc4c(c3)c3ccccc3n4-c3ccccc3)n2)cc1. The highest BCUT2D eigenvalue weighted by Gasteiger charge is 2.46. The first kappa shape index (κ1) is 32.2. The van der Waals surface area contributed by atoms with Crippen LogP contribution in [-0.2, 0) is 5.41 Å². The summed E-state index contributed by atoms with van der Waals surface area (Å²) in [7, 11) is 0. The summed E-state index contributed by atoms with van der Waals surface area (Å²) in [5, 5.41) is 2.44. The van der Waals surface area contributed by atoms with Crippen LogP contribution in [0.1, 0.15) is 22.3 Å². The van der Waals surface area contributed by atoms with E-state index in [4.69, 9.17) is 4.98 Å². The third kappa shape index (κ3) is 4.93. The molecule has 0 saturated heterocycles. The number of rotatable bonds is 6. The van der Waals surface area contributed by atoms with Gasteiger partial charge in [-0.2, -0.15) is 0 Å². The summed E-state index contributed by atoms with van der Waals surface area (Å²) in [6.45, 7) is 0. The fourth-order valence-corrected chi connectivity index (χ4v) is 9.21. The summed E-state index contributed by atoms with van der Waals surface area (Å²) in [5.74, 6) is 0. The molecule has 0 N–H and O–H groups in total. The fraction of sp³-hybridized carbons (Fsp3) is 0.0185. The van der Waals surface area contributed by atoms with Crippen LogP contribution in [0.15, 0.2) is 218 Å². The van der Waals surface area contributed by atoms with Gasteiger partial charge in [0, 0.05) is 27.6 Å². The van der Waals surface area contributed by atoms with Crippen molar-refractivity contribution in [3.63, 3.8) is 0 Å². The molecule has 2 aromatic heterocycles. The van der Waals surface area contributed by atoms with Crippen molar-refractivity contribution in [3.8, 4) is 50.5 Å². The van der Waals surface area contributed by atoms with Gasteiger partial charge in [0.1, 0.15) is 0 Å². The van der Waals surface area contributed by atoms with Crippen molar-refractivity contribution in [1.29, 1.82) is 0 Å². The quantitative estimate of drug-likeness (QED) is 0.168. The molecule has 1 aliphatic carbocycles. The Morgan fingerprint density at radius 2 is 0.893 bits per heavy atom. The first-order chi connectivity index (χ1) is 27.8. The van der Waals surface area contributed by atoms with Gasteiger partial charge in [0.15, 0.2) is 0 Å². The van der Waals surface area contributed by atoms with Gasteiger partial charge in [-0.1, -0.05) is 170 Å². The van der Waals surface area contributed by atoms with E-state index in [0.29, 0.717) is 0 Å². The Labute approximate surface area is 326 Å². The normalized spacial score (nSPS) is 12.8. The molecular formula is C54H36N2. The number of hydrogen-bond acceptors (Lipinski definition) is 1. The van der Waals surface area contributed by atoms with Crippen LogP contribution >= 0.6 is 0 Å². The van der Waals surface area contributed by atoms with Crippen molar-refractivity contribution >= 4 is 21.8 Å². The lowest BCUT2D eigenvalue weighted by atomic mass is 9.67. The molecular weight excluding hydrogens is 677 g/mol. The molecule has 262 valence electrons. The van der Waals surface area contributed by atoms with Crippen molar-refractivity contribution in [1.82, 2.24) is 9.55 Å². The molecule has 1 aliphatic rings. The van der Waals surface area contributed by atoms with E-state index in [2.05, 4.69) is 223 Å². The second-order valence-electron chi connectivity index (χ2n) is 14.7. The zero-order chi connectivity index (χ0) is 37.1. The topological polar surface area (TPSA) is 17.8 Å². The highest BCUT2D eigenvalue weighted by molar-refractivity contribution is 6.10. The van der Waals surface area contributed by atoms with Crippen molar-refractivity contribution in [2.24, 2.45) is 0 Å². The molecule has 0 atom stereocenters.